The molecular formula is C25H23I. The summed E-state index contributed by atoms with van der Waals surface area (Å²) >= 11 is 2.51. The number of fused-ring (bicyclic) bond motifs is 3. The fraction of sp³-hybridized carbons (Fsp3) is 0.280. The second-order valence-electron chi connectivity index (χ2n) is 8.30. The van der Waals surface area contributed by atoms with Gasteiger partial charge in [-0.05, 0) is 95.4 Å². The van der Waals surface area contributed by atoms with Gasteiger partial charge in [-0.25, -0.2) is 0 Å². The van der Waals surface area contributed by atoms with E-state index >= 15 is 0 Å². The summed E-state index contributed by atoms with van der Waals surface area (Å²) in [5.74, 6) is 0.646. The number of halogens is 1. The van der Waals surface area contributed by atoms with Crippen LogP contribution in [-0.2, 0) is 0 Å². The van der Waals surface area contributed by atoms with Crippen molar-refractivity contribution in [2.45, 2.75) is 33.1 Å². The SMILES string of the molecule is CC1(C)C2=C(CCC(c3cccc4ccccc34)=C2)C2=CC=C(I)CC21. The molecule has 5 rings (SSSR count). The van der Waals surface area contributed by atoms with E-state index < -0.39 is 0 Å². The Bertz CT molecular complexity index is 1040. The van der Waals surface area contributed by atoms with Crippen LogP contribution in [0.25, 0.3) is 16.3 Å². The average Bonchev–Trinajstić information content (AvgIpc) is 2.88. The first-order chi connectivity index (χ1) is 12.6. The Hall–Kier alpha value is -1.61. The van der Waals surface area contributed by atoms with E-state index in [0.29, 0.717) is 5.92 Å². The highest BCUT2D eigenvalue weighted by Gasteiger charge is 2.45. The van der Waals surface area contributed by atoms with Gasteiger partial charge in [0.05, 0.1) is 0 Å². The molecule has 0 saturated heterocycles. The fourth-order valence-electron chi connectivity index (χ4n) is 5.13. The van der Waals surface area contributed by atoms with Crippen molar-refractivity contribution in [2.75, 3.05) is 0 Å². The van der Waals surface area contributed by atoms with Gasteiger partial charge < -0.3 is 0 Å². The van der Waals surface area contributed by atoms with Gasteiger partial charge in [-0.15, -0.1) is 0 Å². The highest BCUT2D eigenvalue weighted by Crippen LogP contribution is 2.58. The summed E-state index contributed by atoms with van der Waals surface area (Å²) in [6, 6.07) is 15.5. The Morgan fingerprint density at radius 3 is 2.65 bits per heavy atom. The lowest BCUT2D eigenvalue weighted by atomic mass is 9.73. The highest BCUT2D eigenvalue weighted by molar-refractivity contribution is 14.1. The molecule has 0 N–H and O–H groups in total. The third-order valence-electron chi connectivity index (χ3n) is 6.56. The molecule has 2 aromatic rings. The van der Waals surface area contributed by atoms with Gasteiger partial charge in [0.1, 0.15) is 0 Å². The average molecular weight is 450 g/mol. The van der Waals surface area contributed by atoms with Gasteiger partial charge >= 0.3 is 0 Å². The van der Waals surface area contributed by atoms with Crippen molar-refractivity contribution >= 4 is 38.9 Å². The third kappa shape index (κ3) is 2.40. The zero-order valence-corrected chi connectivity index (χ0v) is 17.5. The Morgan fingerprint density at radius 1 is 0.962 bits per heavy atom. The van der Waals surface area contributed by atoms with E-state index in [-0.39, 0.29) is 5.41 Å². The first kappa shape index (κ1) is 16.6. The van der Waals surface area contributed by atoms with Crippen LogP contribution in [0.5, 0.6) is 0 Å². The van der Waals surface area contributed by atoms with Crippen molar-refractivity contribution in [1.29, 1.82) is 0 Å². The Balaban J connectivity index is 1.66. The largest absolute Gasteiger partial charge is 0.0616 e. The smallest absolute Gasteiger partial charge is 0.00223 e. The van der Waals surface area contributed by atoms with Crippen LogP contribution in [0.1, 0.15) is 38.7 Å². The molecule has 0 aromatic heterocycles. The minimum absolute atomic E-state index is 0.224. The minimum atomic E-state index is 0.224. The van der Waals surface area contributed by atoms with Crippen LogP contribution in [0.3, 0.4) is 0 Å². The molecule has 0 aliphatic heterocycles. The van der Waals surface area contributed by atoms with Crippen molar-refractivity contribution in [3.05, 3.63) is 86.6 Å². The van der Waals surface area contributed by atoms with Crippen LogP contribution >= 0.6 is 22.6 Å². The number of allylic oxidation sites excluding steroid dienone is 8. The van der Waals surface area contributed by atoms with E-state index in [1.54, 1.807) is 16.7 Å². The zero-order chi connectivity index (χ0) is 17.9. The van der Waals surface area contributed by atoms with Gasteiger partial charge in [0, 0.05) is 0 Å². The highest BCUT2D eigenvalue weighted by atomic mass is 127. The van der Waals surface area contributed by atoms with Crippen molar-refractivity contribution in [3.8, 4) is 0 Å². The maximum atomic E-state index is 2.53. The van der Waals surface area contributed by atoms with Crippen molar-refractivity contribution in [3.63, 3.8) is 0 Å². The fourth-order valence-corrected chi connectivity index (χ4v) is 5.75. The first-order valence-electron chi connectivity index (χ1n) is 9.54. The summed E-state index contributed by atoms with van der Waals surface area (Å²) in [5.41, 5.74) is 7.98. The van der Waals surface area contributed by atoms with Crippen LogP contribution in [0.15, 0.2) is 81.0 Å². The van der Waals surface area contributed by atoms with E-state index in [0.717, 1.165) is 6.42 Å². The van der Waals surface area contributed by atoms with Crippen molar-refractivity contribution in [1.82, 2.24) is 0 Å². The summed E-state index contributed by atoms with van der Waals surface area (Å²) in [5, 5.41) is 2.72. The van der Waals surface area contributed by atoms with E-state index in [2.05, 4.69) is 97.1 Å². The van der Waals surface area contributed by atoms with Crippen molar-refractivity contribution in [2.24, 2.45) is 11.3 Å². The maximum absolute atomic E-state index is 2.53. The number of hydrogen-bond donors (Lipinski definition) is 0. The predicted octanol–water partition coefficient (Wildman–Crippen LogP) is 7.62. The maximum Gasteiger partial charge on any atom is -0.00223 e. The molecule has 1 heteroatoms. The van der Waals surface area contributed by atoms with E-state index in [4.69, 9.17) is 0 Å². The molecule has 2 aromatic carbocycles. The Morgan fingerprint density at radius 2 is 1.77 bits per heavy atom. The molecule has 0 fully saturated rings. The third-order valence-corrected chi connectivity index (χ3v) is 7.36. The molecule has 0 radical (unpaired) electrons. The predicted molar refractivity (Wildman–Crippen MR) is 120 cm³/mol. The molecule has 0 nitrogen and oxygen atoms in total. The van der Waals surface area contributed by atoms with Gasteiger partial charge in [0.25, 0.3) is 0 Å². The monoisotopic (exact) mass is 450 g/mol. The Kier molecular flexibility index (Phi) is 3.79. The van der Waals surface area contributed by atoms with Crippen LogP contribution in [0.2, 0.25) is 0 Å². The van der Waals surface area contributed by atoms with Crippen LogP contribution in [0.4, 0.5) is 0 Å². The topological polar surface area (TPSA) is 0 Å². The van der Waals surface area contributed by atoms with E-state index in [1.165, 1.54) is 38.3 Å². The molecule has 130 valence electrons. The molecule has 0 spiro atoms. The van der Waals surface area contributed by atoms with Gasteiger partial charge in [0.15, 0.2) is 0 Å². The molecule has 1 unspecified atom stereocenters. The summed E-state index contributed by atoms with van der Waals surface area (Å²) in [6.45, 7) is 4.90. The summed E-state index contributed by atoms with van der Waals surface area (Å²) in [7, 11) is 0. The Labute approximate surface area is 169 Å². The quantitative estimate of drug-likeness (QED) is 0.392. The van der Waals surface area contributed by atoms with Gasteiger partial charge in [-0.2, -0.15) is 0 Å². The lowest BCUT2D eigenvalue weighted by molar-refractivity contribution is 0.335. The summed E-state index contributed by atoms with van der Waals surface area (Å²) in [4.78, 5) is 0. The second-order valence-corrected chi connectivity index (χ2v) is 9.69. The molecule has 0 bridgehead atoms. The molecule has 0 heterocycles. The van der Waals surface area contributed by atoms with Gasteiger partial charge in [0.2, 0.25) is 0 Å². The molecular weight excluding hydrogens is 427 g/mol. The molecule has 0 saturated carbocycles. The molecule has 1 atom stereocenters. The lowest BCUT2D eigenvalue weighted by Gasteiger charge is -2.32. The van der Waals surface area contributed by atoms with E-state index in [9.17, 15) is 0 Å². The van der Waals surface area contributed by atoms with Crippen LogP contribution in [-0.4, -0.2) is 0 Å². The van der Waals surface area contributed by atoms with Gasteiger partial charge in [-0.1, -0.05) is 74.5 Å². The summed E-state index contributed by atoms with van der Waals surface area (Å²) < 4.78 is 1.49. The first-order valence-corrected chi connectivity index (χ1v) is 10.6. The van der Waals surface area contributed by atoms with Gasteiger partial charge in [-0.3, -0.25) is 0 Å². The summed E-state index contributed by atoms with van der Waals surface area (Å²) in [6.07, 6.45) is 10.8. The molecule has 3 aliphatic rings. The number of hydrogen-bond acceptors (Lipinski definition) is 0. The van der Waals surface area contributed by atoms with Crippen LogP contribution < -0.4 is 0 Å². The molecule has 26 heavy (non-hydrogen) atoms. The molecule has 0 amide bonds. The minimum Gasteiger partial charge on any atom is -0.0616 e. The zero-order valence-electron chi connectivity index (χ0n) is 15.4. The molecule has 3 aliphatic carbocycles. The van der Waals surface area contributed by atoms with Crippen LogP contribution in [0, 0.1) is 11.3 Å². The second kappa shape index (κ2) is 5.95. The number of benzene rings is 2. The normalized spacial score (nSPS) is 24.0. The van der Waals surface area contributed by atoms with E-state index in [1.807, 2.05) is 0 Å². The standard InChI is InChI=1S/C25H23I/c1-25(2)23-14-17(20-9-5-7-16-6-3-4-8-19(16)20)10-12-21(23)22-13-11-18(26)15-24(22)25/h3-9,11,13-14,24H,10,12,15H2,1-2H3. The number of rotatable bonds is 1. The van der Waals surface area contributed by atoms with Crippen molar-refractivity contribution < 1.29 is 0 Å². The lowest BCUT2D eigenvalue weighted by Crippen LogP contribution is -2.23.